The SMILES string of the molecule is CC(C)c1ccn(C(C)N)c(=O)c1O. The van der Waals surface area contributed by atoms with Gasteiger partial charge in [0, 0.05) is 11.8 Å². The van der Waals surface area contributed by atoms with Gasteiger partial charge in [0.2, 0.25) is 0 Å². The molecule has 0 spiro atoms. The molecule has 1 rings (SSSR count). The highest BCUT2D eigenvalue weighted by Crippen LogP contribution is 2.21. The Bertz CT molecular complexity index is 380. The molecule has 14 heavy (non-hydrogen) atoms. The third kappa shape index (κ3) is 1.80. The van der Waals surface area contributed by atoms with Gasteiger partial charge in [0.05, 0.1) is 6.17 Å². The van der Waals surface area contributed by atoms with Crippen molar-refractivity contribution in [2.75, 3.05) is 0 Å². The number of pyridine rings is 1. The number of aromatic nitrogens is 1. The highest BCUT2D eigenvalue weighted by molar-refractivity contribution is 5.31. The molecular weight excluding hydrogens is 180 g/mol. The van der Waals surface area contributed by atoms with Gasteiger partial charge < -0.3 is 10.8 Å². The van der Waals surface area contributed by atoms with Crippen molar-refractivity contribution in [2.45, 2.75) is 32.9 Å². The first-order valence-corrected chi connectivity index (χ1v) is 4.64. The third-order valence-corrected chi connectivity index (χ3v) is 2.19. The van der Waals surface area contributed by atoms with Crippen LogP contribution >= 0.6 is 0 Å². The highest BCUT2D eigenvalue weighted by atomic mass is 16.3. The van der Waals surface area contributed by atoms with Crippen molar-refractivity contribution in [1.82, 2.24) is 4.57 Å². The van der Waals surface area contributed by atoms with E-state index in [1.807, 2.05) is 13.8 Å². The molecule has 1 unspecified atom stereocenters. The average Bonchev–Trinajstić information content (AvgIpc) is 2.08. The highest BCUT2D eigenvalue weighted by Gasteiger charge is 2.12. The van der Waals surface area contributed by atoms with Gasteiger partial charge in [0.25, 0.3) is 5.56 Å². The fraction of sp³-hybridized carbons (Fsp3) is 0.500. The molecule has 0 radical (unpaired) electrons. The summed E-state index contributed by atoms with van der Waals surface area (Å²) in [5.41, 5.74) is 5.80. The molecule has 1 atom stereocenters. The van der Waals surface area contributed by atoms with Crippen LogP contribution in [-0.4, -0.2) is 9.67 Å². The van der Waals surface area contributed by atoms with Gasteiger partial charge in [-0.05, 0) is 18.9 Å². The lowest BCUT2D eigenvalue weighted by Crippen LogP contribution is -2.27. The van der Waals surface area contributed by atoms with E-state index in [9.17, 15) is 9.90 Å². The zero-order valence-corrected chi connectivity index (χ0v) is 8.69. The van der Waals surface area contributed by atoms with Crippen LogP contribution in [0.1, 0.15) is 38.4 Å². The van der Waals surface area contributed by atoms with E-state index >= 15 is 0 Å². The molecule has 3 N–H and O–H groups in total. The monoisotopic (exact) mass is 196 g/mol. The van der Waals surface area contributed by atoms with Crippen LogP contribution in [0.4, 0.5) is 0 Å². The van der Waals surface area contributed by atoms with Crippen LogP contribution in [0.5, 0.6) is 5.75 Å². The van der Waals surface area contributed by atoms with E-state index in [0.29, 0.717) is 5.56 Å². The van der Waals surface area contributed by atoms with Crippen LogP contribution in [0.15, 0.2) is 17.1 Å². The average molecular weight is 196 g/mol. The zero-order valence-electron chi connectivity index (χ0n) is 8.69. The Morgan fingerprint density at radius 2 is 2.00 bits per heavy atom. The standard InChI is InChI=1S/C10H16N2O2/c1-6(2)8-4-5-12(7(3)11)10(14)9(8)13/h4-7,13H,11H2,1-3H3. The van der Waals surface area contributed by atoms with Gasteiger partial charge >= 0.3 is 0 Å². The fourth-order valence-corrected chi connectivity index (χ4v) is 1.34. The first-order valence-electron chi connectivity index (χ1n) is 4.64. The molecule has 0 saturated carbocycles. The Labute approximate surface area is 83.0 Å². The van der Waals surface area contributed by atoms with Gasteiger partial charge in [-0.3, -0.25) is 9.36 Å². The third-order valence-electron chi connectivity index (χ3n) is 2.19. The lowest BCUT2D eigenvalue weighted by atomic mass is 10.0. The topological polar surface area (TPSA) is 68.2 Å². The van der Waals surface area contributed by atoms with Gasteiger partial charge in [0.15, 0.2) is 5.75 Å². The van der Waals surface area contributed by atoms with E-state index < -0.39 is 11.7 Å². The number of rotatable bonds is 2. The molecule has 1 heterocycles. The second-order valence-electron chi connectivity index (χ2n) is 3.73. The number of nitrogens with zero attached hydrogens (tertiary/aromatic N) is 1. The van der Waals surface area contributed by atoms with Crippen molar-refractivity contribution in [3.8, 4) is 5.75 Å². The number of aromatic hydroxyl groups is 1. The predicted octanol–water partition coefficient (Wildman–Crippen LogP) is 1.15. The summed E-state index contributed by atoms with van der Waals surface area (Å²) in [5, 5.41) is 9.61. The van der Waals surface area contributed by atoms with Gasteiger partial charge in [-0.1, -0.05) is 13.8 Å². The second kappa shape index (κ2) is 3.84. The normalized spacial score (nSPS) is 13.2. The van der Waals surface area contributed by atoms with E-state index in [1.54, 1.807) is 19.2 Å². The summed E-state index contributed by atoms with van der Waals surface area (Å²) in [7, 11) is 0. The van der Waals surface area contributed by atoms with Gasteiger partial charge in [-0.2, -0.15) is 0 Å². The number of nitrogens with two attached hydrogens (primary N) is 1. The van der Waals surface area contributed by atoms with Crippen LogP contribution in [0.2, 0.25) is 0 Å². The minimum Gasteiger partial charge on any atom is -0.503 e. The zero-order chi connectivity index (χ0) is 10.9. The summed E-state index contributed by atoms with van der Waals surface area (Å²) in [5.74, 6) is -0.0646. The molecule has 0 saturated heterocycles. The van der Waals surface area contributed by atoms with Crippen molar-refractivity contribution in [2.24, 2.45) is 5.73 Å². The van der Waals surface area contributed by atoms with E-state index in [4.69, 9.17) is 5.73 Å². The molecule has 1 aromatic heterocycles. The minimum absolute atomic E-state index is 0.130. The maximum atomic E-state index is 11.6. The van der Waals surface area contributed by atoms with Crippen LogP contribution in [0, 0.1) is 0 Å². The van der Waals surface area contributed by atoms with Gasteiger partial charge in [0.1, 0.15) is 0 Å². The second-order valence-corrected chi connectivity index (χ2v) is 3.73. The molecule has 4 nitrogen and oxygen atoms in total. The molecule has 0 fully saturated rings. The van der Waals surface area contributed by atoms with E-state index in [0.717, 1.165) is 0 Å². The summed E-state index contributed by atoms with van der Waals surface area (Å²) in [6, 6.07) is 1.73. The van der Waals surface area contributed by atoms with Crippen molar-refractivity contribution >= 4 is 0 Å². The molecule has 0 aliphatic carbocycles. The van der Waals surface area contributed by atoms with Crippen molar-refractivity contribution in [3.05, 3.63) is 28.2 Å². The van der Waals surface area contributed by atoms with Gasteiger partial charge in [-0.15, -0.1) is 0 Å². The van der Waals surface area contributed by atoms with Crippen molar-refractivity contribution in [3.63, 3.8) is 0 Å². The summed E-state index contributed by atoms with van der Waals surface area (Å²) in [4.78, 5) is 11.6. The van der Waals surface area contributed by atoms with Crippen LogP contribution < -0.4 is 11.3 Å². The molecule has 4 heteroatoms. The first kappa shape index (κ1) is 10.8. The van der Waals surface area contributed by atoms with Crippen LogP contribution in [0.3, 0.4) is 0 Å². The molecular formula is C10H16N2O2. The van der Waals surface area contributed by atoms with Crippen molar-refractivity contribution < 1.29 is 5.11 Å². The molecule has 0 amide bonds. The molecule has 0 aliphatic rings. The Morgan fingerprint density at radius 3 is 2.43 bits per heavy atom. The Morgan fingerprint density at radius 1 is 1.43 bits per heavy atom. The Hall–Kier alpha value is -1.29. The van der Waals surface area contributed by atoms with Gasteiger partial charge in [-0.25, -0.2) is 0 Å². The van der Waals surface area contributed by atoms with Crippen molar-refractivity contribution in [1.29, 1.82) is 0 Å². The quantitative estimate of drug-likeness (QED) is 0.745. The first-order chi connectivity index (χ1) is 6.45. The van der Waals surface area contributed by atoms with E-state index in [1.165, 1.54) is 4.57 Å². The molecule has 0 aliphatic heterocycles. The maximum absolute atomic E-state index is 11.6. The van der Waals surface area contributed by atoms with E-state index in [-0.39, 0.29) is 11.7 Å². The van der Waals surface area contributed by atoms with Crippen LogP contribution in [0.25, 0.3) is 0 Å². The molecule has 0 aromatic carbocycles. The van der Waals surface area contributed by atoms with E-state index in [2.05, 4.69) is 0 Å². The predicted molar refractivity (Wildman–Crippen MR) is 55.4 cm³/mol. The smallest absolute Gasteiger partial charge is 0.294 e. The number of hydrogen-bond acceptors (Lipinski definition) is 3. The lowest BCUT2D eigenvalue weighted by molar-refractivity contribution is 0.436. The Balaban J connectivity index is 3.34. The number of hydrogen-bond donors (Lipinski definition) is 2. The molecule has 1 aromatic rings. The minimum atomic E-state index is -0.425. The summed E-state index contributed by atoms with van der Waals surface area (Å²) in [6.07, 6.45) is 1.19. The molecule has 0 bridgehead atoms. The Kier molecular flexibility index (Phi) is 2.96. The summed E-state index contributed by atoms with van der Waals surface area (Å²) < 4.78 is 1.31. The van der Waals surface area contributed by atoms with Crippen LogP contribution in [-0.2, 0) is 0 Å². The largest absolute Gasteiger partial charge is 0.503 e. The maximum Gasteiger partial charge on any atom is 0.294 e. The lowest BCUT2D eigenvalue weighted by Gasteiger charge is -2.13. The summed E-state index contributed by atoms with van der Waals surface area (Å²) in [6.45, 7) is 5.53. The molecule has 78 valence electrons. The fourth-order valence-electron chi connectivity index (χ4n) is 1.34. The summed E-state index contributed by atoms with van der Waals surface area (Å²) >= 11 is 0.